The lowest BCUT2D eigenvalue weighted by Crippen LogP contribution is -2.07. The van der Waals surface area contributed by atoms with E-state index in [0.29, 0.717) is 15.7 Å². The largest absolute Gasteiger partial charge is 0.486 e. The number of carboxylic acids is 1. The number of halogens is 2. The summed E-state index contributed by atoms with van der Waals surface area (Å²) in [7, 11) is 0. The maximum atomic E-state index is 13.6. The van der Waals surface area contributed by atoms with Gasteiger partial charge >= 0.3 is 5.97 Å². The zero-order valence-corrected chi connectivity index (χ0v) is 12.1. The maximum Gasteiger partial charge on any atom is 0.358 e. The molecule has 0 atom stereocenters. The number of hydrogen-bond donors (Lipinski definition) is 1. The topological polar surface area (TPSA) is 59.4 Å². The molecule has 104 valence electrons. The van der Waals surface area contributed by atoms with Crippen LogP contribution in [0, 0.1) is 12.7 Å². The molecule has 2 rings (SSSR count). The Morgan fingerprint density at radius 2 is 2.15 bits per heavy atom. The number of pyridine rings is 1. The van der Waals surface area contributed by atoms with Crippen molar-refractivity contribution in [1.29, 1.82) is 0 Å². The molecule has 1 aromatic heterocycles. The molecule has 1 aromatic carbocycles. The quantitative estimate of drug-likeness (QED) is 0.924. The standard InChI is InChI=1S/C14H11BrFNO3/c1-8-2-5-12(13(17-8)14(18)19)20-7-9-3-4-10(15)6-11(9)16/h2-6H,7H2,1H3,(H,18,19). The highest BCUT2D eigenvalue weighted by Gasteiger charge is 2.14. The van der Waals surface area contributed by atoms with Crippen molar-refractivity contribution < 1.29 is 19.0 Å². The molecule has 0 spiro atoms. The van der Waals surface area contributed by atoms with Gasteiger partial charge in [0.2, 0.25) is 0 Å². The highest BCUT2D eigenvalue weighted by molar-refractivity contribution is 9.10. The number of benzene rings is 1. The third-order valence-electron chi connectivity index (χ3n) is 2.60. The number of aryl methyl sites for hydroxylation is 1. The Bertz CT molecular complexity index is 661. The molecule has 0 saturated heterocycles. The number of carboxylic acid groups (broad SMARTS) is 1. The van der Waals surface area contributed by atoms with Gasteiger partial charge in [-0.1, -0.05) is 22.0 Å². The molecule has 0 aliphatic heterocycles. The molecule has 0 saturated carbocycles. The number of ether oxygens (including phenoxy) is 1. The first-order valence-electron chi connectivity index (χ1n) is 5.75. The molecule has 0 amide bonds. The molecule has 1 heterocycles. The first-order valence-corrected chi connectivity index (χ1v) is 6.54. The fourth-order valence-electron chi connectivity index (χ4n) is 1.61. The number of aromatic carboxylic acids is 1. The van der Waals surface area contributed by atoms with Gasteiger partial charge < -0.3 is 9.84 Å². The lowest BCUT2D eigenvalue weighted by atomic mass is 10.2. The van der Waals surface area contributed by atoms with E-state index in [1.54, 1.807) is 25.1 Å². The molecule has 4 nitrogen and oxygen atoms in total. The Kier molecular flexibility index (Phi) is 4.34. The fraction of sp³-hybridized carbons (Fsp3) is 0.143. The van der Waals surface area contributed by atoms with Gasteiger partial charge in [0.1, 0.15) is 12.4 Å². The van der Waals surface area contributed by atoms with E-state index in [1.165, 1.54) is 12.1 Å². The van der Waals surface area contributed by atoms with Crippen LogP contribution in [0.25, 0.3) is 0 Å². The van der Waals surface area contributed by atoms with Crippen LogP contribution in [-0.4, -0.2) is 16.1 Å². The zero-order chi connectivity index (χ0) is 14.7. The van der Waals surface area contributed by atoms with E-state index in [1.807, 2.05) is 0 Å². The van der Waals surface area contributed by atoms with Gasteiger partial charge in [-0.15, -0.1) is 0 Å². The summed E-state index contributed by atoms with van der Waals surface area (Å²) in [6.45, 7) is 1.62. The van der Waals surface area contributed by atoms with Gasteiger partial charge in [0.25, 0.3) is 0 Å². The SMILES string of the molecule is Cc1ccc(OCc2ccc(Br)cc2F)c(C(=O)O)n1. The van der Waals surface area contributed by atoms with Crippen LogP contribution in [0.2, 0.25) is 0 Å². The Morgan fingerprint density at radius 1 is 1.40 bits per heavy atom. The van der Waals surface area contributed by atoms with Gasteiger partial charge in [0.05, 0.1) is 0 Å². The summed E-state index contributed by atoms with van der Waals surface area (Å²) in [5.74, 6) is -1.48. The lowest BCUT2D eigenvalue weighted by Gasteiger charge is -2.10. The normalized spacial score (nSPS) is 10.3. The van der Waals surface area contributed by atoms with Crippen LogP contribution >= 0.6 is 15.9 Å². The monoisotopic (exact) mass is 339 g/mol. The summed E-state index contributed by atoms with van der Waals surface area (Å²) >= 11 is 3.16. The minimum Gasteiger partial charge on any atom is -0.486 e. The first kappa shape index (κ1) is 14.5. The molecular weight excluding hydrogens is 329 g/mol. The summed E-state index contributed by atoms with van der Waals surface area (Å²) in [5, 5.41) is 9.06. The third kappa shape index (κ3) is 3.33. The smallest absolute Gasteiger partial charge is 0.358 e. The summed E-state index contributed by atoms with van der Waals surface area (Å²) in [4.78, 5) is 15.0. The second-order valence-electron chi connectivity index (χ2n) is 4.13. The molecule has 0 radical (unpaired) electrons. The van der Waals surface area contributed by atoms with Crippen molar-refractivity contribution in [2.24, 2.45) is 0 Å². The summed E-state index contributed by atoms with van der Waals surface area (Å²) < 4.78 is 19.6. The van der Waals surface area contributed by atoms with Crippen LogP contribution in [0.1, 0.15) is 21.7 Å². The molecule has 0 bridgehead atoms. The van der Waals surface area contributed by atoms with E-state index >= 15 is 0 Å². The van der Waals surface area contributed by atoms with Crippen molar-refractivity contribution in [2.75, 3.05) is 0 Å². The molecule has 0 aliphatic rings. The molecule has 2 aromatic rings. The Labute approximate surface area is 123 Å². The van der Waals surface area contributed by atoms with Crippen molar-refractivity contribution >= 4 is 21.9 Å². The van der Waals surface area contributed by atoms with Crippen LogP contribution in [0.15, 0.2) is 34.8 Å². The third-order valence-corrected chi connectivity index (χ3v) is 3.09. The number of carbonyl (C=O) groups is 1. The van der Waals surface area contributed by atoms with Crippen molar-refractivity contribution in [2.45, 2.75) is 13.5 Å². The molecule has 1 N–H and O–H groups in total. The van der Waals surface area contributed by atoms with Crippen LogP contribution in [0.4, 0.5) is 4.39 Å². The van der Waals surface area contributed by atoms with E-state index in [4.69, 9.17) is 9.84 Å². The predicted octanol–water partition coefficient (Wildman–Crippen LogP) is 3.57. The minimum absolute atomic E-state index is 0.0653. The van der Waals surface area contributed by atoms with Crippen molar-refractivity contribution in [3.8, 4) is 5.75 Å². The molecular formula is C14H11BrFNO3. The van der Waals surface area contributed by atoms with Gasteiger partial charge in [-0.25, -0.2) is 14.2 Å². The lowest BCUT2D eigenvalue weighted by molar-refractivity contribution is 0.0684. The number of aromatic nitrogens is 1. The average molecular weight is 340 g/mol. The molecule has 0 unspecified atom stereocenters. The molecule has 20 heavy (non-hydrogen) atoms. The van der Waals surface area contributed by atoms with E-state index in [-0.39, 0.29) is 18.1 Å². The second kappa shape index (κ2) is 6.00. The number of rotatable bonds is 4. The highest BCUT2D eigenvalue weighted by Crippen LogP contribution is 2.21. The van der Waals surface area contributed by atoms with Crippen LogP contribution < -0.4 is 4.74 Å². The van der Waals surface area contributed by atoms with Crippen molar-refractivity contribution in [3.63, 3.8) is 0 Å². The van der Waals surface area contributed by atoms with Gasteiger partial charge in [-0.2, -0.15) is 0 Å². The minimum atomic E-state index is -1.18. The fourth-order valence-corrected chi connectivity index (χ4v) is 1.94. The van der Waals surface area contributed by atoms with E-state index in [9.17, 15) is 9.18 Å². The van der Waals surface area contributed by atoms with Gasteiger partial charge in [-0.05, 0) is 31.2 Å². The van der Waals surface area contributed by atoms with E-state index in [2.05, 4.69) is 20.9 Å². The van der Waals surface area contributed by atoms with E-state index < -0.39 is 11.8 Å². The Balaban J connectivity index is 2.20. The van der Waals surface area contributed by atoms with E-state index in [0.717, 1.165) is 0 Å². The summed E-state index contributed by atoms with van der Waals surface area (Å²) in [6, 6.07) is 7.74. The van der Waals surface area contributed by atoms with Gasteiger partial charge in [0.15, 0.2) is 11.4 Å². The summed E-state index contributed by atoms with van der Waals surface area (Å²) in [6.07, 6.45) is 0. The zero-order valence-electron chi connectivity index (χ0n) is 10.6. The van der Waals surface area contributed by atoms with Gasteiger partial charge in [-0.3, -0.25) is 0 Å². The molecule has 6 heteroatoms. The van der Waals surface area contributed by atoms with Gasteiger partial charge in [0, 0.05) is 15.7 Å². The first-order chi connectivity index (χ1) is 9.47. The van der Waals surface area contributed by atoms with Crippen LogP contribution in [0.3, 0.4) is 0 Å². The Morgan fingerprint density at radius 3 is 2.80 bits per heavy atom. The van der Waals surface area contributed by atoms with Crippen LogP contribution in [0.5, 0.6) is 5.75 Å². The average Bonchev–Trinajstić information content (AvgIpc) is 2.38. The maximum absolute atomic E-state index is 13.6. The Hall–Kier alpha value is -1.95. The van der Waals surface area contributed by atoms with Crippen molar-refractivity contribution in [3.05, 3.63) is 57.6 Å². The predicted molar refractivity (Wildman–Crippen MR) is 74.4 cm³/mol. The van der Waals surface area contributed by atoms with Crippen molar-refractivity contribution in [1.82, 2.24) is 4.98 Å². The highest BCUT2D eigenvalue weighted by atomic mass is 79.9. The second-order valence-corrected chi connectivity index (χ2v) is 5.04. The number of hydrogen-bond acceptors (Lipinski definition) is 3. The summed E-state index contributed by atoms with van der Waals surface area (Å²) in [5.41, 5.74) is 0.734. The molecule has 0 fully saturated rings. The van der Waals surface area contributed by atoms with Crippen LogP contribution in [-0.2, 0) is 6.61 Å². The molecule has 0 aliphatic carbocycles. The number of nitrogens with zero attached hydrogens (tertiary/aromatic N) is 1.